The predicted molar refractivity (Wildman–Crippen MR) is 147 cm³/mol. The van der Waals surface area contributed by atoms with Crippen LogP contribution in [0.25, 0.3) is 33.8 Å². The first kappa shape index (κ1) is 26.1. The predicted octanol–water partition coefficient (Wildman–Crippen LogP) is 8.03. The summed E-state index contributed by atoms with van der Waals surface area (Å²) >= 11 is 0. The van der Waals surface area contributed by atoms with Gasteiger partial charge in [0.2, 0.25) is 5.95 Å². The number of benzene rings is 3. The van der Waals surface area contributed by atoms with Gasteiger partial charge in [-0.15, -0.1) is 0 Å². The van der Waals surface area contributed by atoms with Crippen molar-refractivity contribution < 1.29 is 22.3 Å². The van der Waals surface area contributed by atoms with Gasteiger partial charge >= 0.3 is 6.18 Å². The zero-order chi connectivity index (χ0) is 28.7. The van der Waals surface area contributed by atoms with Gasteiger partial charge in [-0.25, -0.2) is 14.4 Å². The number of nitrogens with zero attached hydrogens (tertiary/aromatic N) is 4. The number of halogens is 4. The standard InChI is InChI=1S/C30H22F4N6O/c1-17-27(18-6-4-3-5-7-18)39-28(36-17)25-16-21(12-13-35-25)41-20-9-11-26-24(15-20)38-29(40(26)2)37-23-14-19(30(32,33)34)8-10-22(23)31/h3-16H,1-2H3,(H,36,39)(H,37,38). The van der Waals surface area contributed by atoms with E-state index in [-0.39, 0.29) is 11.6 Å². The minimum absolute atomic E-state index is 0.170. The Labute approximate surface area is 231 Å². The van der Waals surface area contributed by atoms with Crippen LogP contribution in [0.3, 0.4) is 0 Å². The highest BCUT2D eigenvalue weighted by Gasteiger charge is 2.31. The molecule has 0 unspecified atom stereocenters. The van der Waals surface area contributed by atoms with Crippen LogP contribution in [0.5, 0.6) is 11.5 Å². The molecule has 3 aromatic carbocycles. The molecule has 0 spiro atoms. The number of rotatable bonds is 6. The summed E-state index contributed by atoms with van der Waals surface area (Å²) in [5.74, 6) is 0.939. The van der Waals surface area contributed by atoms with Crippen LogP contribution in [0.1, 0.15) is 11.3 Å². The number of H-pyrrole nitrogens is 1. The Hall–Kier alpha value is -5.19. The molecule has 2 N–H and O–H groups in total. The van der Waals surface area contributed by atoms with E-state index in [1.165, 1.54) is 0 Å². The Kier molecular flexibility index (Phi) is 6.41. The number of imidazole rings is 2. The van der Waals surface area contributed by atoms with E-state index in [0.717, 1.165) is 23.0 Å². The van der Waals surface area contributed by atoms with E-state index in [0.29, 0.717) is 46.2 Å². The molecule has 6 rings (SSSR count). The Morgan fingerprint density at radius 2 is 1.68 bits per heavy atom. The highest BCUT2D eigenvalue weighted by Crippen LogP contribution is 2.34. The third kappa shape index (κ3) is 5.21. The lowest BCUT2D eigenvalue weighted by atomic mass is 10.1. The van der Waals surface area contributed by atoms with Gasteiger partial charge in [0.05, 0.1) is 28.0 Å². The van der Waals surface area contributed by atoms with E-state index in [2.05, 4.69) is 20.3 Å². The van der Waals surface area contributed by atoms with Gasteiger partial charge in [-0.3, -0.25) is 4.98 Å². The molecule has 11 heteroatoms. The molecule has 3 heterocycles. The molecule has 0 atom stereocenters. The Balaban J connectivity index is 1.25. The van der Waals surface area contributed by atoms with Crippen molar-refractivity contribution in [1.82, 2.24) is 24.5 Å². The van der Waals surface area contributed by atoms with Gasteiger partial charge in [0.15, 0.2) is 5.82 Å². The summed E-state index contributed by atoms with van der Waals surface area (Å²) in [7, 11) is 1.67. The number of pyridine rings is 1. The summed E-state index contributed by atoms with van der Waals surface area (Å²) in [5, 5.41) is 2.67. The number of anilines is 2. The minimum atomic E-state index is -4.60. The second kappa shape index (κ2) is 10.1. The van der Waals surface area contributed by atoms with Crippen LogP contribution in [-0.2, 0) is 13.2 Å². The number of fused-ring (bicyclic) bond motifs is 1. The molecule has 0 aliphatic heterocycles. The molecule has 0 bridgehead atoms. The third-order valence-corrected chi connectivity index (χ3v) is 6.53. The molecule has 0 aliphatic carbocycles. The molecule has 0 fully saturated rings. The highest BCUT2D eigenvalue weighted by atomic mass is 19.4. The maximum atomic E-state index is 14.3. The second-order valence-corrected chi connectivity index (χ2v) is 9.37. The zero-order valence-electron chi connectivity index (χ0n) is 21.8. The lowest BCUT2D eigenvalue weighted by Crippen LogP contribution is -2.07. The molecule has 0 radical (unpaired) electrons. The monoisotopic (exact) mass is 558 g/mol. The van der Waals surface area contributed by atoms with Crippen molar-refractivity contribution in [1.29, 1.82) is 0 Å². The van der Waals surface area contributed by atoms with Crippen LogP contribution in [-0.4, -0.2) is 24.5 Å². The number of alkyl halides is 3. The first-order chi connectivity index (χ1) is 19.7. The number of nitrogens with one attached hydrogen (secondary N) is 2. The summed E-state index contributed by atoms with van der Waals surface area (Å²) < 4.78 is 61.4. The quantitative estimate of drug-likeness (QED) is 0.202. The van der Waals surface area contributed by atoms with Gasteiger partial charge in [0.25, 0.3) is 0 Å². The molecule has 6 aromatic rings. The molecular formula is C30H22F4N6O. The van der Waals surface area contributed by atoms with Crippen LogP contribution in [0.2, 0.25) is 0 Å². The van der Waals surface area contributed by atoms with Crippen LogP contribution in [0.4, 0.5) is 29.2 Å². The Morgan fingerprint density at radius 3 is 2.46 bits per heavy atom. The highest BCUT2D eigenvalue weighted by molar-refractivity contribution is 5.81. The molecule has 206 valence electrons. The lowest BCUT2D eigenvalue weighted by Gasteiger charge is -2.11. The van der Waals surface area contributed by atoms with Crippen molar-refractivity contribution in [3.63, 3.8) is 0 Å². The van der Waals surface area contributed by atoms with E-state index in [9.17, 15) is 17.6 Å². The van der Waals surface area contributed by atoms with Crippen molar-refractivity contribution in [2.75, 3.05) is 5.32 Å². The van der Waals surface area contributed by atoms with Crippen molar-refractivity contribution >= 4 is 22.7 Å². The van der Waals surface area contributed by atoms with E-state index in [4.69, 9.17) is 9.72 Å². The smallest absolute Gasteiger partial charge is 0.416 e. The van der Waals surface area contributed by atoms with Gasteiger partial charge in [-0.2, -0.15) is 13.2 Å². The Morgan fingerprint density at radius 1 is 0.902 bits per heavy atom. The number of hydrogen-bond acceptors (Lipinski definition) is 5. The van der Waals surface area contributed by atoms with Crippen molar-refractivity contribution in [2.45, 2.75) is 13.1 Å². The van der Waals surface area contributed by atoms with E-state index < -0.39 is 17.6 Å². The summed E-state index contributed by atoms with van der Waals surface area (Å²) in [5.41, 5.74) is 3.22. The number of aromatic nitrogens is 5. The number of aromatic amines is 1. The summed E-state index contributed by atoms with van der Waals surface area (Å²) in [6.45, 7) is 1.95. The average molecular weight is 559 g/mol. The largest absolute Gasteiger partial charge is 0.457 e. The molecule has 41 heavy (non-hydrogen) atoms. The van der Waals surface area contributed by atoms with Crippen LogP contribution in [0, 0.1) is 12.7 Å². The third-order valence-electron chi connectivity index (χ3n) is 6.53. The topological polar surface area (TPSA) is 80.6 Å². The van der Waals surface area contributed by atoms with Gasteiger partial charge in [0.1, 0.15) is 23.0 Å². The van der Waals surface area contributed by atoms with Crippen LogP contribution >= 0.6 is 0 Å². The van der Waals surface area contributed by atoms with Crippen LogP contribution < -0.4 is 10.1 Å². The fourth-order valence-electron chi connectivity index (χ4n) is 4.47. The average Bonchev–Trinajstić information content (AvgIpc) is 3.49. The maximum Gasteiger partial charge on any atom is 0.416 e. The van der Waals surface area contributed by atoms with E-state index >= 15 is 0 Å². The SMILES string of the molecule is Cc1[nH]c(-c2cc(Oc3ccc4c(c3)nc(Nc3cc(C(F)(F)F)ccc3F)n4C)ccn2)nc1-c1ccccc1. The van der Waals surface area contributed by atoms with Crippen molar-refractivity contribution in [3.8, 4) is 34.3 Å². The van der Waals surface area contributed by atoms with Crippen molar-refractivity contribution in [3.05, 3.63) is 102 Å². The molecule has 3 aromatic heterocycles. The number of aryl methyl sites for hydroxylation is 2. The number of hydrogen-bond donors (Lipinski definition) is 2. The Bertz CT molecular complexity index is 1880. The minimum Gasteiger partial charge on any atom is -0.457 e. The summed E-state index contributed by atoms with van der Waals surface area (Å²) in [4.78, 5) is 16.9. The normalized spacial score (nSPS) is 11.7. The van der Waals surface area contributed by atoms with Gasteiger partial charge in [0, 0.05) is 36.6 Å². The maximum absolute atomic E-state index is 14.3. The van der Waals surface area contributed by atoms with Crippen molar-refractivity contribution in [2.24, 2.45) is 7.05 Å². The summed E-state index contributed by atoms with van der Waals surface area (Å²) in [6, 6.07) is 20.7. The molecular weight excluding hydrogens is 536 g/mol. The molecule has 0 saturated heterocycles. The fourth-order valence-corrected chi connectivity index (χ4v) is 4.47. The zero-order valence-corrected chi connectivity index (χ0v) is 21.8. The molecule has 0 aliphatic rings. The summed E-state index contributed by atoms with van der Waals surface area (Å²) in [6.07, 6.45) is -2.98. The fraction of sp³-hybridized carbons (Fsp3) is 0.100. The van der Waals surface area contributed by atoms with E-state index in [1.807, 2.05) is 37.3 Å². The molecule has 7 nitrogen and oxygen atoms in total. The van der Waals surface area contributed by atoms with E-state index in [1.54, 1.807) is 48.1 Å². The van der Waals surface area contributed by atoms with Gasteiger partial charge in [-0.05, 0) is 43.3 Å². The first-order valence-electron chi connectivity index (χ1n) is 12.5. The second-order valence-electron chi connectivity index (χ2n) is 9.37. The number of ether oxygens (including phenoxy) is 1. The first-order valence-corrected chi connectivity index (χ1v) is 12.5. The van der Waals surface area contributed by atoms with Gasteiger partial charge < -0.3 is 19.6 Å². The molecule has 0 amide bonds. The molecule has 0 saturated carbocycles. The van der Waals surface area contributed by atoms with Crippen LogP contribution in [0.15, 0.2) is 85.1 Å². The van der Waals surface area contributed by atoms with Gasteiger partial charge in [-0.1, -0.05) is 30.3 Å². The lowest BCUT2D eigenvalue weighted by molar-refractivity contribution is -0.137.